The van der Waals surface area contributed by atoms with Gasteiger partial charge in [-0.25, -0.2) is 4.98 Å². The molecule has 3 rings (SSSR count). The van der Waals surface area contributed by atoms with Crippen LogP contribution in [0.2, 0.25) is 0 Å². The second-order valence-electron chi connectivity index (χ2n) is 4.96. The number of benzene rings is 1. The third-order valence-electron chi connectivity index (χ3n) is 3.45. The zero-order valence-electron chi connectivity index (χ0n) is 11.7. The summed E-state index contributed by atoms with van der Waals surface area (Å²) in [5.41, 5.74) is 2.14. The smallest absolute Gasteiger partial charge is 0.223 e. The fourth-order valence-corrected chi connectivity index (χ4v) is 3.16. The summed E-state index contributed by atoms with van der Waals surface area (Å²) in [7, 11) is 0. The van der Waals surface area contributed by atoms with Crippen LogP contribution in [-0.2, 0) is 0 Å². The first-order valence-corrected chi connectivity index (χ1v) is 7.83. The number of hydrogen-bond donors (Lipinski definition) is 2. The van der Waals surface area contributed by atoms with Gasteiger partial charge in [-0.05, 0) is 12.5 Å². The van der Waals surface area contributed by atoms with E-state index < -0.39 is 6.10 Å². The van der Waals surface area contributed by atoms with E-state index in [1.807, 2.05) is 31.2 Å². The zero-order chi connectivity index (χ0) is 14.8. The molecule has 0 radical (unpaired) electrons. The van der Waals surface area contributed by atoms with Gasteiger partial charge in [0.1, 0.15) is 0 Å². The number of aliphatic hydroxyl groups is 1. The molecule has 0 unspecified atom stereocenters. The number of H-pyrrole nitrogens is 1. The standard InChI is InChI=1S/C16H16N2O2S/c1-2-5-14(19)13-9-21-16(18-13)15(20)11-8-17-12-7-4-3-6-10(11)12/h3-4,6-9,14,17,19H,2,5H2,1H3/t14-/m1/s1. The van der Waals surface area contributed by atoms with Crippen LogP contribution in [0.3, 0.4) is 0 Å². The van der Waals surface area contributed by atoms with Crippen LogP contribution >= 0.6 is 11.3 Å². The van der Waals surface area contributed by atoms with E-state index in [0.29, 0.717) is 22.7 Å². The topological polar surface area (TPSA) is 66.0 Å². The molecule has 0 aliphatic heterocycles. The van der Waals surface area contributed by atoms with Crippen molar-refractivity contribution in [3.8, 4) is 0 Å². The molecule has 1 atom stereocenters. The maximum Gasteiger partial charge on any atom is 0.223 e. The number of fused-ring (bicyclic) bond motifs is 1. The van der Waals surface area contributed by atoms with Gasteiger partial charge in [0.15, 0.2) is 5.01 Å². The minimum absolute atomic E-state index is 0.104. The molecule has 0 aliphatic carbocycles. The highest BCUT2D eigenvalue weighted by Gasteiger charge is 2.19. The highest BCUT2D eigenvalue weighted by molar-refractivity contribution is 7.12. The average molecular weight is 300 g/mol. The normalized spacial score (nSPS) is 12.7. The Morgan fingerprint density at radius 2 is 2.24 bits per heavy atom. The van der Waals surface area contributed by atoms with Gasteiger partial charge in [0.2, 0.25) is 5.78 Å². The Hall–Kier alpha value is -1.98. The van der Waals surface area contributed by atoms with Gasteiger partial charge < -0.3 is 10.1 Å². The second kappa shape index (κ2) is 5.79. The van der Waals surface area contributed by atoms with Gasteiger partial charge in [-0.3, -0.25) is 4.79 Å². The number of para-hydroxylation sites is 1. The van der Waals surface area contributed by atoms with Gasteiger partial charge in [0.05, 0.1) is 17.4 Å². The molecule has 108 valence electrons. The molecule has 0 saturated heterocycles. The first kappa shape index (κ1) is 14.0. The monoisotopic (exact) mass is 300 g/mol. The van der Waals surface area contributed by atoms with Crippen LogP contribution in [-0.4, -0.2) is 20.9 Å². The SMILES string of the molecule is CCC[C@@H](O)c1csc(C(=O)c2c[nH]c3ccccc23)n1. The van der Waals surface area contributed by atoms with E-state index in [2.05, 4.69) is 9.97 Å². The van der Waals surface area contributed by atoms with E-state index in [1.165, 1.54) is 11.3 Å². The van der Waals surface area contributed by atoms with E-state index in [1.54, 1.807) is 11.6 Å². The number of nitrogens with zero attached hydrogens (tertiary/aromatic N) is 1. The first-order chi connectivity index (χ1) is 10.2. The van der Waals surface area contributed by atoms with Crippen LogP contribution in [0.25, 0.3) is 10.9 Å². The summed E-state index contributed by atoms with van der Waals surface area (Å²) < 4.78 is 0. The fraction of sp³-hybridized carbons (Fsp3) is 0.250. The molecule has 2 N–H and O–H groups in total. The molecule has 3 aromatic rings. The van der Waals surface area contributed by atoms with E-state index >= 15 is 0 Å². The number of carbonyl (C=O) groups is 1. The van der Waals surface area contributed by atoms with Gasteiger partial charge >= 0.3 is 0 Å². The summed E-state index contributed by atoms with van der Waals surface area (Å²) >= 11 is 1.28. The minimum Gasteiger partial charge on any atom is -0.387 e. The Balaban J connectivity index is 1.92. The van der Waals surface area contributed by atoms with Crippen LogP contribution in [0.1, 0.15) is 46.9 Å². The van der Waals surface area contributed by atoms with E-state index in [0.717, 1.165) is 17.3 Å². The maximum absolute atomic E-state index is 12.6. The van der Waals surface area contributed by atoms with E-state index in [9.17, 15) is 9.90 Å². The summed E-state index contributed by atoms with van der Waals surface area (Å²) in [6.45, 7) is 2.01. The summed E-state index contributed by atoms with van der Waals surface area (Å²) in [6, 6.07) is 7.69. The molecule has 1 aromatic carbocycles. The van der Waals surface area contributed by atoms with Crippen LogP contribution < -0.4 is 0 Å². The highest BCUT2D eigenvalue weighted by atomic mass is 32.1. The van der Waals surface area contributed by atoms with Crippen molar-refractivity contribution in [3.63, 3.8) is 0 Å². The lowest BCUT2D eigenvalue weighted by molar-refractivity contribution is 0.103. The molecule has 4 nitrogen and oxygen atoms in total. The van der Waals surface area contributed by atoms with Crippen LogP contribution in [0.4, 0.5) is 0 Å². The molecule has 0 spiro atoms. The van der Waals surface area contributed by atoms with Gasteiger partial charge in [0, 0.05) is 22.5 Å². The van der Waals surface area contributed by atoms with Gasteiger partial charge in [0.25, 0.3) is 0 Å². The third kappa shape index (κ3) is 2.62. The summed E-state index contributed by atoms with van der Waals surface area (Å²) in [6.07, 6.45) is 2.67. The van der Waals surface area contributed by atoms with Crippen molar-refractivity contribution in [1.29, 1.82) is 0 Å². The lowest BCUT2D eigenvalue weighted by atomic mass is 10.1. The molecular weight excluding hydrogens is 284 g/mol. The number of aromatic amines is 1. The van der Waals surface area contributed by atoms with Crippen molar-refractivity contribution in [2.75, 3.05) is 0 Å². The van der Waals surface area contributed by atoms with Crippen molar-refractivity contribution in [2.45, 2.75) is 25.9 Å². The number of rotatable bonds is 5. The number of aromatic nitrogens is 2. The highest BCUT2D eigenvalue weighted by Crippen LogP contribution is 2.25. The Labute approximate surface area is 126 Å². The van der Waals surface area contributed by atoms with E-state index in [4.69, 9.17) is 0 Å². The molecular formula is C16H16N2O2S. The summed E-state index contributed by atoms with van der Waals surface area (Å²) in [4.78, 5) is 20.0. The maximum atomic E-state index is 12.6. The van der Waals surface area contributed by atoms with E-state index in [-0.39, 0.29) is 5.78 Å². The number of ketones is 1. The van der Waals surface area contributed by atoms with Crippen LogP contribution in [0, 0.1) is 0 Å². The lowest BCUT2D eigenvalue weighted by Gasteiger charge is -2.04. The molecule has 0 fully saturated rings. The Bertz CT molecular complexity index is 775. The largest absolute Gasteiger partial charge is 0.387 e. The molecule has 2 aromatic heterocycles. The first-order valence-electron chi connectivity index (χ1n) is 6.95. The van der Waals surface area contributed by atoms with Crippen molar-refractivity contribution in [1.82, 2.24) is 9.97 Å². The molecule has 0 bridgehead atoms. The molecule has 0 saturated carbocycles. The Morgan fingerprint density at radius 3 is 3.05 bits per heavy atom. The number of carbonyl (C=O) groups excluding carboxylic acids is 1. The third-order valence-corrected chi connectivity index (χ3v) is 4.31. The minimum atomic E-state index is -0.587. The molecule has 2 heterocycles. The number of nitrogens with one attached hydrogen (secondary N) is 1. The lowest BCUT2D eigenvalue weighted by Crippen LogP contribution is -2.02. The van der Waals surface area contributed by atoms with Gasteiger partial charge in [-0.1, -0.05) is 31.5 Å². The molecule has 5 heteroatoms. The van der Waals surface area contributed by atoms with Gasteiger partial charge in [-0.2, -0.15) is 0 Å². The molecule has 21 heavy (non-hydrogen) atoms. The molecule has 0 amide bonds. The molecule has 0 aliphatic rings. The number of hydrogen-bond acceptors (Lipinski definition) is 4. The van der Waals surface area contributed by atoms with Crippen molar-refractivity contribution in [3.05, 3.63) is 52.1 Å². The zero-order valence-corrected chi connectivity index (χ0v) is 12.5. The van der Waals surface area contributed by atoms with Gasteiger partial charge in [-0.15, -0.1) is 11.3 Å². The fourth-order valence-electron chi connectivity index (χ4n) is 2.34. The quantitative estimate of drug-likeness (QED) is 0.706. The number of aliphatic hydroxyl groups excluding tert-OH is 1. The van der Waals surface area contributed by atoms with Crippen molar-refractivity contribution in [2.24, 2.45) is 0 Å². The van der Waals surface area contributed by atoms with Crippen molar-refractivity contribution < 1.29 is 9.90 Å². The summed E-state index contributed by atoms with van der Waals surface area (Å²) in [5, 5.41) is 13.0. The average Bonchev–Trinajstić information content (AvgIpc) is 3.14. The Kier molecular flexibility index (Phi) is 3.86. The van der Waals surface area contributed by atoms with Crippen LogP contribution in [0.15, 0.2) is 35.8 Å². The predicted molar refractivity (Wildman–Crippen MR) is 83.7 cm³/mol. The summed E-state index contributed by atoms with van der Waals surface area (Å²) in [5.74, 6) is -0.104. The second-order valence-corrected chi connectivity index (χ2v) is 5.82. The predicted octanol–water partition coefficient (Wildman–Crippen LogP) is 3.69. The van der Waals surface area contributed by atoms with Crippen LogP contribution in [0.5, 0.6) is 0 Å². The Morgan fingerprint density at radius 1 is 1.43 bits per heavy atom. The number of thiazole rings is 1. The van der Waals surface area contributed by atoms with Crippen molar-refractivity contribution >= 4 is 28.0 Å².